The predicted octanol–water partition coefficient (Wildman–Crippen LogP) is 4.23. The molecule has 0 fully saturated rings. The van der Waals surface area contributed by atoms with E-state index in [1.165, 1.54) is 7.11 Å². The Morgan fingerprint density at radius 1 is 1.41 bits per heavy atom. The number of thioether (sulfide) groups is 1. The van der Waals surface area contributed by atoms with Crippen LogP contribution in [0.5, 0.6) is 0 Å². The van der Waals surface area contributed by atoms with E-state index >= 15 is 0 Å². The van der Waals surface area contributed by atoms with Crippen LogP contribution < -0.4 is 5.32 Å². The van der Waals surface area contributed by atoms with Crippen molar-refractivity contribution < 1.29 is 9.53 Å². The highest BCUT2D eigenvalue weighted by molar-refractivity contribution is 8.03. The fourth-order valence-corrected chi connectivity index (χ4v) is 3.27. The molecule has 4 heteroatoms. The van der Waals surface area contributed by atoms with Gasteiger partial charge in [0.2, 0.25) is 0 Å². The largest absolute Gasteiger partial charge is 0.468 e. The zero-order chi connectivity index (χ0) is 16.4. The summed E-state index contributed by atoms with van der Waals surface area (Å²) in [4.78, 5) is 12.0. The second kappa shape index (κ2) is 10.5. The van der Waals surface area contributed by atoms with E-state index in [-0.39, 0.29) is 12.0 Å². The van der Waals surface area contributed by atoms with Crippen LogP contribution in [0.2, 0.25) is 0 Å². The summed E-state index contributed by atoms with van der Waals surface area (Å²) in [6, 6.07) is 7.56. The maximum atomic E-state index is 12.0. The Hall–Kier alpha value is -1.26. The van der Waals surface area contributed by atoms with Crippen LogP contribution in [0.15, 0.2) is 35.7 Å². The molecule has 1 aliphatic heterocycles. The summed E-state index contributed by atoms with van der Waals surface area (Å²) in [5.41, 5.74) is 2.10. The molecular formula is C18H27NO2S. The minimum Gasteiger partial charge on any atom is -0.468 e. The number of hydrogen-bond donors (Lipinski definition) is 1. The number of benzene rings is 1. The smallest absolute Gasteiger partial charge is 0.327 e. The second-order valence-corrected chi connectivity index (χ2v) is 6.13. The molecule has 2 atom stereocenters. The van der Waals surface area contributed by atoms with Gasteiger partial charge in [0.1, 0.15) is 6.04 Å². The van der Waals surface area contributed by atoms with E-state index in [1.807, 2.05) is 56.8 Å². The average Bonchev–Trinajstić information content (AvgIpc) is 3.07. The fourth-order valence-electron chi connectivity index (χ4n) is 2.35. The first-order chi connectivity index (χ1) is 10.7. The molecule has 1 aromatic carbocycles. The van der Waals surface area contributed by atoms with E-state index < -0.39 is 0 Å². The maximum Gasteiger partial charge on any atom is 0.327 e. The van der Waals surface area contributed by atoms with Gasteiger partial charge >= 0.3 is 5.97 Å². The average molecular weight is 321 g/mol. The third-order valence-corrected chi connectivity index (χ3v) is 4.68. The van der Waals surface area contributed by atoms with E-state index in [9.17, 15) is 4.79 Å². The van der Waals surface area contributed by atoms with Gasteiger partial charge in [0.15, 0.2) is 0 Å². The predicted molar refractivity (Wildman–Crippen MR) is 95.0 cm³/mol. The van der Waals surface area contributed by atoms with Crippen molar-refractivity contribution in [3.63, 3.8) is 0 Å². The van der Waals surface area contributed by atoms with Gasteiger partial charge in [-0.3, -0.25) is 0 Å². The highest BCUT2D eigenvalue weighted by Crippen LogP contribution is 2.26. The SMILES string of the molecule is CC.COC(=O)C(NCCC1CC=CS1)c1ccccc1C. The first-order valence-electron chi connectivity index (χ1n) is 7.89. The number of hydrogen-bond acceptors (Lipinski definition) is 4. The molecule has 2 unspecified atom stereocenters. The fraction of sp³-hybridized carbons (Fsp3) is 0.500. The molecule has 0 amide bonds. The lowest BCUT2D eigenvalue weighted by atomic mass is 10.0. The van der Waals surface area contributed by atoms with Crippen molar-refractivity contribution in [1.29, 1.82) is 0 Å². The van der Waals surface area contributed by atoms with Gasteiger partial charge in [0.05, 0.1) is 7.11 Å². The van der Waals surface area contributed by atoms with Gasteiger partial charge in [-0.15, -0.1) is 11.8 Å². The number of esters is 1. The maximum absolute atomic E-state index is 12.0. The third kappa shape index (κ3) is 5.50. The summed E-state index contributed by atoms with van der Waals surface area (Å²) >= 11 is 1.87. The second-order valence-electron chi connectivity index (χ2n) is 4.92. The van der Waals surface area contributed by atoms with Gasteiger partial charge < -0.3 is 10.1 Å². The monoisotopic (exact) mass is 321 g/mol. The van der Waals surface area contributed by atoms with Gasteiger partial charge in [-0.25, -0.2) is 4.79 Å². The van der Waals surface area contributed by atoms with Crippen LogP contribution >= 0.6 is 11.8 Å². The Bertz CT molecular complexity index is 480. The van der Waals surface area contributed by atoms with Gasteiger partial charge in [-0.1, -0.05) is 44.2 Å². The van der Waals surface area contributed by atoms with Gasteiger partial charge in [0.25, 0.3) is 0 Å². The van der Waals surface area contributed by atoms with Crippen LogP contribution in [-0.4, -0.2) is 24.9 Å². The Labute approximate surface area is 138 Å². The number of nitrogens with one attached hydrogen (secondary N) is 1. The van der Waals surface area contributed by atoms with Gasteiger partial charge in [-0.05, 0) is 42.8 Å². The van der Waals surface area contributed by atoms with Crippen molar-refractivity contribution >= 4 is 17.7 Å². The number of carbonyl (C=O) groups excluding carboxylic acids is 1. The minimum absolute atomic E-state index is 0.225. The summed E-state index contributed by atoms with van der Waals surface area (Å²) in [6.07, 6.45) is 4.38. The number of allylic oxidation sites excluding steroid dienone is 1. The summed E-state index contributed by atoms with van der Waals surface area (Å²) in [5.74, 6) is -0.225. The third-order valence-electron chi connectivity index (χ3n) is 3.52. The topological polar surface area (TPSA) is 38.3 Å². The van der Waals surface area contributed by atoms with E-state index in [0.29, 0.717) is 5.25 Å². The molecule has 0 saturated heterocycles. The summed E-state index contributed by atoms with van der Waals surface area (Å²) in [7, 11) is 1.44. The molecule has 22 heavy (non-hydrogen) atoms. The molecule has 1 aromatic rings. The Kier molecular flexibility index (Phi) is 8.94. The molecule has 0 saturated carbocycles. The van der Waals surface area contributed by atoms with Gasteiger partial charge in [0, 0.05) is 5.25 Å². The van der Waals surface area contributed by atoms with E-state index in [4.69, 9.17) is 4.74 Å². The summed E-state index contributed by atoms with van der Waals surface area (Å²) in [5, 5.41) is 6.13. The summed E-state index contributed by atoms with van der Waals surface area (Å²) in [6.45, 7) is 6.83. The molecule has 1 N–H and O–H groups in total. The van der Waals surface area contributed by atoms with Crippen molar-refractivity contribution in [1.82, 2.24) is 5.32 Å². The molecule has 0 spiro atoms. The quantitative estimate of drug-likeness (QED) is 0.796. The van der Waals surface area contributed by atoms with Crippen molar-refractivity contribution in [2.45, 2.75) is 44.9 Å². The Morgan fingerprint density at radius 3 is 2.73 bits per heavy atom. The lowest BCUT2D eigenvalue weighted by Gasteiger charge is -2.19. The van der Waals surface area contributed by atoms with E-state index in [0.717, 1.165) is 30.5 Å². The standard InChI is InChI=1S/C16H21NO2S.C2H6/c1-12-6-3-4-8-14(12)15(16(18)19-2)17-10-9-13-7-5-11-20-13;1-2/h3-6,8,11,13,15,17H,7,9-10H2,1-2H3;1-2H3. The normalized spacial score (nSPS) is 17.5. The van der Waals surface area contributed by atoms with Crippen molar-refractivity contribution in [3.05, 3.63) is 46.9 Å². The highest BCUT2D eigenvalue weighted by Gasteiger charge is 2.22. The van der Waals surface area contributed by atoms with Crippen molar-refractivity contribution in [3.8, 4) is 0 Å². The number of ether oxygens (including phenoxy) is 1. The van der Waals surface area contributed by atoms with E-state index in [1.54, 1.807) is 0 Å². The number of methoxy groups -OCH3 is 1. The first-order valence-corrected chi connectivity index (χ1v) is 8.84. The number of rotatable bonds is 6. The number of carbonyl (C=O) groups is 1. The number of aryl methyl sites for hydroxylation is 1. The van der Waals surface area contributed by atoms with Gasteiger partial charge in [-0.2, -0.15) is 0 Å². The first kappa shape index (κ1) is 18.8. The van der Waals surface area contributed by atoms with Crippen LogP contribution in [0.25, 0.3) is 0 Å². The minimum atomic E-state index is -0.374. The Morgan fingerprint density at radius 2 is 2.14 bits per heavy atom. The lowest BCUT2D eigenvalue weighted by molar-refractivity contribution is -0.143. The molecular weight excluding hydrogens is 294 g/mol. The van der Waals surface area contributed by atoms with Crippen molar-refractivity contribution in [2.24, 2.45) is 0 Å². The van der Waals surface area contributed by atoms with Crippen LogP contribution in [0.4, 0.5) is 0 Å². The zero-order valence-corrected chi connectivity index (χ0v) is 14.8. The molecule has 1 aliphatic rings. The highest BCUT2D eigenvalue weighted by atomic mass is 32.2. The van der Waals surface area contributed by atoms with Crippen LogP contribution in [0.1, 0.15) is 43.9 Å². The zero-order valence-electron chi connectivity index (χ0n) is 14.0. The lowest BCUT2D eigenvalue weighted by Crippen LogP contribution is -2.31. The Balaban J connectivity index is 0.00000116. The molecule has 0 aromatic heterocycles. The van der Waals surface area contributed by atoms with Crippen LogP contribution in [0, 0.1) is 6.92 Å². The summed E-state index contributed by atoms with van der Waals surface area (Å²) < 4.78 is 4.93. The molecule has 3 nitrogen and oxygen atoms in total. The molecule has 0 radical (unpaired) electrons. The molecule has 0 aliphatic carbocycles. The van der Waals surface area contributed by atoms with Crippen LogP contribution in [-0.2, 0) is 9.53 Å². The van der Waals surface area contributed by atoms with E-state index in [2.05, 4.69) is 16.8 Å². The van der Waals surface area contributed by atoms with Crippen molar-refractivity contribution in [2.75, 3.05) is 13.7 Å². The molecule has 122 valence electrons. The molecule has 0 bridgehead atoms. The molecule has 1 heterocycles. The molecule has 2 rings (SSSR count). The van der Waals surface area contributed by atoms with Crippen LogP contribution in [0.3, 0.4) is 0 Å².